The minimum Gasteiger partial charge on any atom is -0.466 e. The first kappa shape index (κ1) is 13.5. The molecule has 0 aromatic heterocycles. The average Bonchev–Trinajstić information content (AvgIpc) is 2.29. The number of carbonyl (C=O) groups excluding carboxylic acids is 1. The second-order valence-electron chi connectivity index (χ2n) is 5.37. The highest BCUT2D eigenvalue weighted by atomic mass is 16.5. The Balaban J connectivity index is 2.37. The summed E-state index contributed by atoms with van der Waals surface area (Å²) in [5.74, 6) is 0.867. The molecular formula is C14H26O2. The molecule has 0 atom stereocenters. The lowest BCUT2D eigenvalue weighted by atomic mass is 9.70. The van der Waals surface area contributed by atoms with Crippen molar-refractivity contribution in [3.05, 3.63) is 0 Å². The van der Waals surface area contributed by atoms with E-state index in [1.165, 1.54) is 32.1 Å². The van der Waals surface area contributed by atoms with E-state index in [1.807, 2.05) is 6.92 Å². The van der Waals surface area contributed by atoms with Gasteiger partial charge >= 0.3 is 5.97 Å². The number of ether oxygens (including phenoxy) is 1. The van der Waals surface area contributed by atoms with Gasteiger partial charge in [0.05, 0.1) is 12.0 Å². The third kappa shape index (κ3) is 3.50. The maximum absolute atomic E-state index is 11.8. The van der Waals surface area contributed by atoms with E-state index in [1.54, 1.807) is 0 Å². The smallest absolute Gasteiger partial charge is 0.311 e. The minimum absolute atomic E-state index is 0.0175. The van der Waals surface area contributed by atoms with Crippen molar-refractivity contribution >= 4 is 5.97 Å². The van der Waals surface area contributed by atoms with Crippen LogP contribution in [0, 0.1) is 11.3 Å². The molecule has 0 amide bonds. The summed E-state index contributed by atoms with van der Waals surface area (Å²) in [6.45, 7) is 6.70. The summed E-state index contributed by atoms with van der Waals surface area (Å²) in [5, 5.41) is 0. The van der Waals surface area contributed by atoms with Gasteiger partial charge in [-0.25, -0.2) is 0 Å². The standard InChI is InChI=1S/C14H26O2/c1-4-6-7-12-8-10-14(3,11-9-12)13(15)16-5-2/h12H,4-11H2,1-3H3. The molecule has 16 heavy (non-hydrogen) atoms. The van der Waals surface area contributed by atoms with Gasteiger partial charge in [0.25, 0.3) is 0 Å². The molecule has 1 aliphatic rings. The molecule has 94 valence electrons. The number of hydrogen-bond acceptors (Lipinski definition) is 2. The lowest BCUT2D eigenvalue weighted by Gasteiger charge is -2.35. The van der Waals surface area contributed by atoms with E-state index >= 15 is 0 Å². The normalized spacial score (nSPS) is 30.1. The summed E-state index contributed by atoms with van der Waals surface area (Å²) in [6, 6.07) is 0. The van der Waals surface area contributed by atoms with E-state index in [0.29, 0.717) is 6.61 Å². The fourth-order valence-electron chi connectivity index (χ4n) is 2.61. The van der Waals surface area contributed by atoms with E-state index in [9.17, 15) is 4.79 Å². The monoisotopic (exact) mass is 226 g/mol. The molecule has 0 aliphatic heterocycles. The van der Waals surface area contributed by atoms with Crippen molar-refractivity contribution in [3.63, 3.8) is 0 Å². The van der Waals surface area contributed by atoms with Crippen LogP contribution in [0.5, 0.6) is 0 Å². The van der Waals surface area contributed by atoms with Crippen molar-refractivity contribution < 1.29 is 9.53 Å². The highest BCUT2D eigenvalue weighted by Crippen LogP contribution is 2.41. The summed E-state index contributed by atoms with van der Waals surface area (Å²) < 4.78 is 5.16. The van der Waals surface area contributed by atoms with Crippen LogP contribution in [-0.4, -0.2) is 12.6 Å². The SMILES string of the molecule is CCCCC1CCC(C)(C(=O)OCC)CC1. The van der Waals surface area contributed by atoms with Crippen LogP contribution in [0.1, 0.15) is 65.7 Å². The van der Waals surface area contributed by atoms with E-state index in [0.717, 1.165) is 18.8 Å². The highest BCUT2D eigenvalue weighted by molar-refractivity contribution is 5.76. The first-order valence-electron chi connectivity index (χ1n) is 6.79. The Bertz CT molecular complexity index is 215. The first-order valence-corrected chi connectivity index (χ1v) is 6.79. The number of carbonyl (C=O) groups is 1. The molecule has 0 bridgehead atoms. The maximum atomic E-state index is 11.8. The van der Waals surface area contributed by atoms with E-state index in [4.69, 9.17) is 4.74 Å². The van der Waals surface area contributed by atoms with Crippen molar-refractivity contribution in [1.82, 2.24) is 0 Å². The quantitative estimate of drug-likeness (QED) is 0.664. The van der Waals surface area contributed by atoms with Gasteiger partial charge in [-0.3, -0.25) is 4.79 Å². The van der Waals surface area contributed by atoms with Gasteiger partial charge in [0.2, 0.25) is 0 Å². The number of esters is 1. The Hall–Kier alpha value is -0.530. The van der Waals surface area contributed by atoms with Crippen LogP contribution in [0.2, 0.25) is 0 Å². The van der Waals surface area contributed by atoms with Gasteiger partial charge in [-0.2, -0.15) is 0 Å². The van der Waals surface area contributed by atoms with Gasteiger partial charge in [0.1, 0.15) is 0 Å². The molecule has 0 radical (unpaired) electrons. The Morgan fingerprint density at radius 3 is 2.44 bits per heavy atom. The molecular weight excluding hydrogens is 200 g/mol. The van der Waals surface area contributed by atoms with E-state index < -0.39 is 0 Å². The Labute approximate surface area is 99.8 Å². The van der Waals surface area contributed by atoms with Gasteiger partial charge in [0, 0.05) is 0 Å². The van der Waals surface area contributed by atoms with Gasteiger partial charge in [0.15, 0.2) is 0 Å². The number of unbranched alkanes of at least 4 members (excludes halogenated alkanes) is 1. The van der Waals surface area contributed by atoms with Crippen molar-refractivity contribution in [2.24, 2.45) is 11.3 Å². The molecule has 1 saturated carbocycles. The first-order chi connectivity index (χ1) is 7.62. The molecule has 0 saturated heterocycles. The number of hydrogen-bond donors (Lipinski definition) is 0. The van der Waals surface area contributed by atoms with Crippen LogP contribution in [0.25, 0.3) is 0 Å². The molecule has 1 aliphatic carbocycles. The van der Waals surface area contributed by atoms with E-state index in [-0.39, 0.29) is 11.4 Å². The molecule has 0 N–H and O–H groups in total. The predicted molar refractivity (Wildman–Crippen MR) is 66.2 cm³/mol. The number of rotatable bonds is 5. The lowest BCUT2D eigenvalue weighted by Crippen LogP contribution is -2.34. The fraction of sp³-hybridized carbons (Fsp3) is 0.929. The second-order valence-corrected chi connectivity index (χ2v) is 5.37. The molecule has 0 unspecified atom stereocenters. The van der Waals surface area contributed by atoms with Gasteiger partial charge < -0.3 is 4.74 Å². The topological polar surface area (TPSA) is 26.3 Å². The van der Waals surface area contributed by atoms with Crippen molar-refractivity contribution in [3.8, 4) is 0 Å². The molecule has 0 spiro atoms. The minimum atomic E-state index is -0.196. The highest BCUT2D eigenvalue weighted by Gasteiger charge is 2.38. The Morgan fingerprint density at radius 2 is 1.94 bits per heavy atom. The van der Waals surface area contributed by atoms with Crippen LogP contribution >= 0.6 is 0 Å². The van der Waals surface area contributed by atoms with Crippen molar-refractivity contribution in [2.45, 2.75) is 65.7 Å². The van der Waals surface area contributed by atoms with E-state index in [2.05, 4.69) is 13.8 Å². The van der Waals surface area contributed by atoms with Crippen LogP contribution in [-0.2, 0) is 9.53 Å². The summed E-state index contributed by atoms with van der Waals surface area (Å²) in [6.07, 6.45) is 8.40. The molecule has 0 heterocycles. The van der Waals surface area contributed by atoms with Crippen LogP contribution in [0.15, 0.2) is 0 Å². The molecule has 2 heteroatoms. The largest absolute Gasteiger partial charge is 0.466 e. The van der Waals surface area contributed by atoms with Crippen LogP contribution < -0.4 is 0 Å². The zero-order chi connectivity index (χ0) is 12.0. The van der Waals surface area contributed by atoms with Crippen LogP contribution in [0.3, 0.4) is 0 Å². The Kier molecular flexibility index (Phi) is 5.30. The van der Waals surface area contributed by atoms with Gasteiger partial charge in [-0.15, -0.1) is 0 Å². The molecule has 1 rings (SSSR count). The predicted octanol–water partition coefficient (Wildman–Crippen LogP) is 3.94. The third-order valence-electron chi connectivity index (χ3n) is 3.94. The molecule has 2 nitrogen and oxygen atoms in total. The fourth-order valence-corrected chi connectivity index (χ4v) is 2.61. The Morgan fingerprint density at radius 1 is 1.31 bits per heavy atom. The van der Waals surface area contributed by atoms with Crippen molar-refractivity contribution in [2.75, 3.05) is 6.61 Å². The maximum Gasteiger partial charge on any atom is 0.311 e. The zero-order valence-electron chi connectivity index (χ0n) is 11.1. The summed E-state index contributed by atoms with van der Waals surface area (Å²) in [4.78, 5) is 11.8. The molecule has 0 aromatic carbocycles. The third-order valence-corrected chi connectivity index (χ3v) is 3.94. The zero-order valence-corrected chi connectivity index (χ0v) is 11.1. The van der Waals surface area contributed by atoms with Crippen LogP contribution in [0.4, 0.5) is 0 Å². The van der Waals surface area contributed by atoms with Gasteiger partial charge in [-0.1, -0.05) is 26.2 Å². The molecule has 1 fully saturated rings. The summed E-state index contributed by atoms with van der Waals surface area (Å²) >= 11 is 0. The lowest BCUT2D eigenvalue weighted by molar-refractivity contribution is -0.156. The molecule has 0 aromatic rings. The summed E-state index contributed by atoms with van der Waals surface area (Å²) in [5.41, 5.74) is -0.196. The van der Waals surface area contributed by atoms with Gasteiger partial charge in [-0.05, 0) is 45.4 Å². The second kappa shape index (κ2) is 6.27. The average molecular weight is 226 g/mol. The summed E-state index contributed by atoms with van der Waals surface area (Å²) in [7, 11) is 0. The van der Waals surface area contributed by atoms with Crippen molar-refractivity contribution in [1.29, 1.82) is 0 Å².